The molecule has 84 valence electrons. The minimum absolute atomic E-state index is 0.0765. The van der Waals surface area contributed by atoms with Crippen LogP contribution in [0.5, 0.6) is 0 Å². The maximum Gasteiger partial charge on any atom is 0.234 e. The predicted octanol–water partition coefficient (Wildman–Crippen LogP) is 0.262. The third kappa shape index (κ3) is 8.01. The molecule has 0 aromatic heterocycles. The summed E-state index contributed by atoms with van der Waals surface area (Å²) in [6.45, 7) is 8.01. The molecule has 4 heteroatoms. The molecule has 14 heavy (non-hydrogen) atoms. The van der Waals surface area contributed by atoms with Crippen molar-refractivity contribution in [3.05, 3.63) is 0 Å². The molecule has 0 fully saturated rings. The van der Waals surface area contributed by atoms with Crippen LogP contribution in [0.4, 0.5) is 0 Å². The molecule has 0 radical (unpaired) electrons. The van der Waals surface area contributed by atoms with E-state index in [9.17, 15) is 9.90 Å². The summed E-state index contributed by atoms with van der Waals surface area (Å²) in [5.74, 6) is -0.0765. The molecule has 0 bridgehead atoms. The maximum absolute atomic E-state index is 11.2. The Morgan fingerprint density at radius 3 is 2.50 bits per heavy atom. The Hall–Kier alpha value is -0.610. The molecular weight excluding hydrogens is 180 g/mol. The average molecular weight is 202 g/mol. The van der Waals surface area contributed by atoms with Crippen LogP contribution < -0.4 is 10.6 Å². The highest BCUT2D eigenvalue weighted by Gasteiger charge is 2.13. The SMILES string of the molecule is CCC(C)NCC(=O)NCC(C)(C)O. The Morgan fingerprint density at radius 1 is 1.50 bits per heavy atom. The second-order valence-electron chi connectivity index (χ2n) is 4.28. The van der Waals surface area contributed by atoms with Crippen molar-refractivity contribution in [2.75, 3.05) is 13.1 Å². The number of hydrogen-bond acceptors (Lipinski definition) is 3. The van der Waals surface area contributed by atoms with Gasteiger partial charge >= 0.3 is 0 Å². The molecule has 0 saturated heterocycles. The summed E-state index contributed by atoms with van der Waals surface area (Å²) in [7, 11) is 0. The molecule has 0 saturated carbocycles. The summed E-state index contributed by atoms with van der Waals surface area (Å²) >= 11 is 0. The van der Waals surface area contributed by atoms with Gasteiger partial charge in [0.25, 0.3) is 0 Å². The summed E-state index contributed by atoms with van der Waals surface area (Å²) in [5.41, 5.74) is -0.841. The van der Waals surface area contributed by atoms with Gasteiger partial charge in [-0.2, -0.15) is 0 Å². The fourth-order valence-electron chi connectivity index (χ4n) is 0.789. The fraction of sp³-hybridized carbons (Fsp3) is 0.900. The molecule has 1 atom stereocenters. The zero-order valence-electron chi connectivity index (χ0n) is 9.55. The van der Waals surface area contributed by atoms with Crippen molar-refractivity contribution < 1.29 is 9.90 Å². The van der Waals surface area contributed by atoms with Crippen LogP contribution in [0.2, 0.25) is 0 Å². The molecule has 0 spiro atoms. The lowest BCUT2D eigenvalue weighted by atomic mass is 10.1. The maximum atomic E-state index is 11.2. The molecule has 0 aliphatic heterocycles. The van der Waals surface area contributed by atoms with Crippen LogP contribution in [-0.4, -0.2) is 35.7 Å². The predicted molar refractivity (Wildman–Crippen MR) is 57.1 cm³/mol. The van der Waals surface area contributed by atoms with E-state index in [1.54, 1.807) is 13.8 Å². The van der Waals surface area contributed by atoms with Gasteiger partial charge in [0.1, 0.15) is 0 Å². The van der Waals surface area contributed by atoms with Gasteiger partial charge < -0.3 is 15.7 Å². The van der Waals surface area contributed by atoms with Crippen molar-refractivity contribution in [1.82, 2.24) is 10.6 Å². The first kappa shape index (κ1) is 13.4. The Balaban J connectivity index is 3.57. The number of aliphatic hydroxyl groups is 1. The van der Waals surface area contributed by atoms with Crippen molar-refractivity contribution >= 4 is 5.91 Å². The molecule has 0 heterocycles. The van der Waals surface area contributed by atoms with Gasteiger partial charge in [0, 0.05) is 12.6 Å². The van der Waals surface area contributed by atoms with Crippen LogP contribution in [0, 0.1) is 0 Å². The third-order valence-electron chi connectivity index (χ3n) is 1.94. The number of carbonyl (C=O) groups excluding carboxylic acids is 1. The smallest absolute Gasteiger partial charge is 0.234 e. The number of rotatable bonds is 6. The first-order chi connectivity index (χ1) is 6.35. The van der Waals surface area contributed by atoms with Crippen LogP contribution >= 0.6 is 0 Å². The third-order valence-corrected chi connectivity index (χ3v) is 1.94. The van der Waals surface area contributed by atoms with Gasteiger partial charge in [-0.25, -0.2) is 0 Å². The van der Waals surface area contributed by atoms with Gasteiger partial charge in [-0.1, -0.05) is 6.92 Å². The molecule has 0 aliphatic rings. The molecule has 0 aromatic carbocycles. The fourth-order valence-corrected chi connectivity index (χ4v) is 0.789. The highest BCUT2D eigenvalue weighted by Crippen LogP contribution is 1.96. The van der Waals surface area contributed by atoms with Crippen LogP contribution in [0.15, 0.2) is 0 Å². The normalized spacial score (nSPS) is 13.8. The Morgan fingerprint density at radius 2 is 2.07 bits per heavy atom. The highest BCUT2D eigenvalue weighted by molar-refractivity contribution is 5.78. The van der Waals surface area contributed by atoms with Gasteiger partial charge in [0.2, 0.25) is 5.91 Å². The first-order valence-corrected chi connectivity index (χ1v) is 5.07. The van der Waals surface area contributed by atoms with Gasteiger partial charge in [0.15, 0.2) is 0 Å². The van der Waals surface area contributed by atoms with Gasteiger partial charge in [-0.05, 0) is 27.2 Å². The topological polar surface area (TPSA) is 61.4 Å². The number of carbonyl (C=O) groups is 1. The lowest BCUT2D eigenvalue weighted by Crippen LogP contribution is -2.43. The number of hydrogen-bond donors (Lipinski definition) is 3. The van der Waals surface area contributed by atoms with Crippen molar-refractivity contribution in [3.8, 4) is 0 Å². The van der Waals surface area contributed by atoms with Gasteiger partial charge in [0.05, 0.1) is 12.1 Å². The van der Waals surface area contributed by atoms with Crippen LogP contribution in [-0.2, 0) is 4.79 Å². The lowest BCUT2D eigenvalue weighted by Gasteiger charge is -2.18. The average Bonchev–Trinajstić information content (AvgIpc) is 2.09. The summed E-state index contributed by atoms with van der Waals surface area (Å²) in [5, 5.41) is 15.1. The van der Waals surface area contributed by atoms with E-state index < -0.39 is 5.60 Å². The van der Waals surface area contributed by atoms with E-state index in [4.69, 9.17) is 0 Å². The standard InChI is InChI=1S/C10H22N2O2/c1-5-8(2)11-6-9(13)12-7-10(3,4)14/h8,11,14H,5-7H2,1-4H3,(H,12,13). The summed E-state index contributed by atoms with van der Waals surface area (Å²) in [4.78, 5) is 11.2. The largest absolute Gasteiger partial charge is 0.389 e. The van der Waals surface area contributed by atoms with E-state index in [1.165, 1.54) is 0 Å². The molecule has 0 aliphatic carbocycles. The van der Waals surface area contributed by atoms with Crippen LogP contribution in [0.3, 0.4) is 0 Å². The molecule has 4 nitrogen and oxygen atoms in total. The Bertz CT molecular complexity index is 175. The molecule has 0 aromatic rings. The molecule has 1 unspecified atom stereocenters. The Labute approximate surface area is 86.1 Å². The molecular formula is C10H22N2O2. The zero-order valence-corrected chi connectivity index (χ0v) is 9.55. The van der Waals surface area contributed by atoms with E-state index >= 15 is 0 Å². The quantitative estimate of drug-likeness (QED) is 0.579. The van der Waals surface area contributed by atoms with E-state index in [0.717, 1.165) is 6.42 Å². The van der Waals surface area contributed by atoms with E-state index in [2.05, 4.69) is 17.6 Å². The van der Waals surface area contributed by atoms with Crippen LogP contribution in [0.1, 0.15) is 34.1 Å². The molecule has 3 N–H and O–H groups in total. The van der Waals surface area contributed by atoms with Gasteiger partial charge in [-0.3, -0.25) is 4.79 Å². The van der Waals surface area contributed by atoms with E-state index in [1.807, 2.05) is 6.92 Å². The van der Waals surface area contributed by atoms with Gasteiger partial charge in [-0.15, -0.1) is 0 Å². The van der Waals surface area contributed by atoms with Crippen LogP contribution in [0.25, 0.3) is 0 Å². The second-order valence-corrected chi connectivity index (χ2v) is 4.28. The Kier molecular flexibility index (Phi) is 5.72. The number of nitrogens with one attached hydrogen (secondary N) is 2. The lowest BCUT2D eigenvalue weighted by molar-refractivity contribution is -0.121. The summed E-state index contributed by atoms with van der Waals surface area (Å²) in [6, 6.07) is 0.350. The second kappa shape index (κ2) is 5.98. The van der Waals surface area contributed by atoms with Crippen molar-refractivity contribution in [2.24, 2.45) is 0 Å². The minimum atomic E-state index is -0.841. The van der Waals surface area contributed by atoms with Crippen molar-refractivity contribution in [2.45, 2.75) is 45.8 Å². The van der Waals surface area contributed by atoms with E-state index in [0.29, 0.717) is 12.6 Å². The summed E-state index contributed by atoms with van der Waals surface area (Å²) < 4.78 is 0. The highest BCUT2D eigenvalue weighted by atomic mass is 16.3. The molecule has 1 amide bonds. The summed E-state index contributed by atoms with van der Waals surface area (Å²) in [6.07, 6.45) is 0.999. The van der Waals surface area contributed by atoms with Crippen molar-refractivity contribution in [1.29, 1.82) is 0 Å². The first-order valence-electron chi connectivity index (χ1n) is 5.07. The monoisotopic (exact) mass is 202 g/mol. The minimum Gasteiger partial charge on any atom is -0.389 e. The van der Waals surface area contributed by atoms with Crippen molar-refractivity contribution in [3.63, 3.8) is 0 Å². The molecule has 0 rings (SSSR count). The van der Waals surface area contributed by atoms with E-state index in [-0.39, 0.29) is 12.5 Å². The number of amides is 1. The zero-order chi connectivity index (χ0) is 11.2.